The lowest BCUT2D eigenvalue weighted by Crippen LogP contribution is -2.52. The van der Waals surface area contributed by atoms with Crippen LogP contribution in [0.3, 0.4) is 0 Å². The molecule has 3 aromatic rings. The number of piperidine rings is 3. The third-order valence-electron chi connectivity index (χ3n) is 6.75. The van der Waals surface area contributed by atoms with Gasteiger partial charge in [0.15, 0.2) is 5.69 Å². The summed E-state index contributed by atoms with van der Waals surface area (Å²) in [5.41, 5.74) is 2.15. The number of aromatic nitrogens is 2. The van der Waals surface area contributed by atoms with Crippen LogP contribution in [0.2, 0.25) is 0 Å². The first-order valence-electron chi connectivity index (χ1n) is 12.1. The summed E-state index contributed by atoms with van der Waals surface area (Å²) in [6.45, 7) is 3.09. The summed E-state index contributed by atoms with van der Waals surface area (Å²) in [4.78, 5) is 34.2. The van der Waals surface area contributed by atoms with Crippen LogP contribution in [0.4, 0.5) is 4.79 Å². The van der Waals surface area contributed by atoms with E-state index < -0.39 is 18.1 Å². The molecule has 36 heavy (non-hydrogen) atoms. The van der Waals surface area contributed by atoms with E-state index in [-0.39, 0.29) is 18.4 Å². The van der Waals surface area contributed by atoms with Crippen molar-refractivity contribution >= 4 is 12.1 Å². The van der Waals surface area contributed by atoms with Crippen LogP contribution in [-0.2, 0) is 11.3 Å². The van der Waals surface area contributed by atoms with Gasteiger partial charge in [-0.3, -0.25) is 9.88 Å². The number of carbonyl (C=O) groups excluding carboxylic acids is 1. The molecular formula is C27H28N4O5. The number of carboxylic acids is 1. The molecule has 2 atom stereocenters. The van der Waals surface area contributed by atoms with Crippen molar-refractivity contribution in [3.8, 4) is 5.75 Å². The summed E-state index contributed by atoms with van der Waals surface area (Å²) in [6.07, 6.45) is 4.22. The predicted octanol–water partition coefficient (Wildman–Crippen LogP) is 3.66. The molecule has 4 heterocycles. The summed E-state index contributed by atoms with van der Waals surface area (Å²) in [5.74, 6) is -0.112. The zero-order valence-corrected chi connectivity index (χ0v) is 19.7. The van der Waals surface area contributed by atoms with Gasteiger partial charge in [-0.15, -0.1) is 0 Å². The molecule has 3 saturated heterocycles. The molecule has 186 valence electrons. The van der Waals surface area contributed by atoms with Crippen LogP contribution in [0.15, 0.2) is 67.0 Å². The lowest BCUT2D eigenvalue weighted by molar-refractivity contribution is -0.0336. The van der Waals surface area contributed by atoms with E-state index in [1.807, 2.05) is 54.6 Å². The van der Waals surface area contributed by atoms with Crippen molar-refractivity contribution in [3.05, 3.63) is 89.5 Å². The van der Waals surface area contributed by atoms with Crippen LogP contribution < -0.4 is 10.1 Å². The van der Waals surface area contributed by atoms with Gasteiger partial charge in [-0.25, -0.2) is 14.6 Å². The molecule has 3 fully saturated rings. The van der Waals surface area contributed by atoms with Gasteiger partial charge < -0.3 is 19.9 Å². The third-order valence-corrected chi connectivity index (χ3v) is 6.75. The van der Waals surface area contributed by atoms with Crippen LogP contribution in [0.25, 0.3) is 0 Å². The zero-order valence-electron chi connectivity index (χ0n) is 19.7. The number of nitrogens with zero attached hydrogens (tertiary/aromatic N) is 3. The lowest BCUT2D eigenvalue weighted by Gasteiger charge is -2.43. The van der Waals surface area contributed by atoms with Gasteiger partial charge in [0.2, 0.25) is 0 Å². The summed E-state index contributed by atoms with van der Waals surface area (Å²) < 4.78 is 11.8. The average molecular weight is 489 g/mol. The Labute approximate surface area is 209 Å². The Morgan fingerprint density at radius 2 is 1.81 bits per heavy atom. The third kappa shape index (κ3) is 5.63. The van der Waals surface area contributed by atoms with Gasteiger partial charge in [-0.1, -0.05) is 42.5 Å². The zero-order chi connectivity index (χ0) is 24.9. The minimum Gasteiger partial charge on any atom is -0.487 e. The molecule has 0 aliphatic carbocycles. The first kappa shape index (κ1) is 23.7. The first-order valence-corrected chi connectivity index (χ1v) is 12.1. The molecule has 2 N–H and O–H groups in total. The van der Waals surface area contributed by atoms with Crippen LogP contribution in [0, 0.1) is 5.92 Å². The normalized spacial score (nSPS) is 21.4. The second-order valence-corrected chi connectivity index (χ2v) is 9.13. The Balaban J connectivity index is 1.29. The van der Waals surface area contributed by atoms with E-state index in [1.165, 1.54) is 12.4 Å². The number of fused-ring (bicyclic) bond motifs is 3. The number of aromatic carboxylic acids is 1. The number of hydrogen-bond acceptors (Lipinski definition) is 7. The van der Waals surface area contributed by atoms with Crippen molar-refractivity contribution in [2.24, 2.45) is 5.92 Å². The Morgan fingerprint density at radius 3 is 2.47 bits per heavy atom. The second kappa shape index (κ2) is 10.7. The van der Waals surface area contributed by atoms with E-state index in [4.69, 9.17) is 14.6 Å². The quantitative estimate of drug-likeness (QED) is 0.494. The highest BCUT2D eigenvalue weighted by atomic mass is 16.6. The fraction of sp³-hybridized carbons (Fsp3) is 0.333. The number of alkyl carbamates (subject to hydrolysis) is 1. The average Bonchev–Trinajstić information content (AvgIpc) is 2.92. The van der Waals surface area contributed by atoms with E-state index in [0.717, 1.165) is 43.6 Å². The largest absolute Gasteiger partial charge is 0.487 e. The van der Waals surface area contributed by atoms with Crippen LogP contribution in [0.5, 0.6) is 5.75 Å². The first-order chi connectivity index (χ1) is 17.5. The molecule has 2 aromatic carbocycles. The lowest BCUT2D eigenvalue weighted by atomic mass is 9.86. The fourth-order valence-electron chi connectivity index (χ4n) is 4.82. The van der Waals surface area contributed by atoms with Crippen molar-refractivity contribution in [3.63, 3.8) is 0 Å². The van der Waals surface area contributed by atoms with Crippen molar-refractivity contribution in [2.75, 3.05) is 19.6 Å². The van der Waals surface area contributed by atoms with Gasteiger partial charge in [0.05, 0.1) is 24.1 Å². The van der Waals surface area contributed by atoms with Gasteiger partial charge >= 0.3 is 12.1 Å². The molecule has 2 bridgehead atoms. The molecule has 9 nitrogen and oxygen atoms in total. The van der Waals surface area contributed by atoms with Gasteiger partial charge in [-0.05, 0) is 55.1 Å². The molecule has 9 heteroatoms. The minimum absolute atomic E-state index is 0.0767. The Hall–Kier alpha value is -3.98. The van der Waals surface area contributed by atoms with Crippen molar-refractivity contribution < 1.29 is 24.2 Å². The predicted molar refractivity (Wildman–Crippen MR) is 131 cm³/mol. The van der Waals surface area contributed by atoms with E-state index >= 15 is 0 Å². The fourth-order valence-corrected chi connectivity index (χ4v) is 4.82. The molecule has 0 saturated carbocycles. The molecule has 6 rings (SSSR count). The van der Waals surface area contributed by atoms with Gasteiger partial charge in [0.25, 0.3) is 0 Å². The summed E-state index contributed by atoms with van der Waals surface area (Å²) in [5, 5.41) is 12.0. The number of ether oxygens (including phenoxy) is 2. The molecule has 0 spiro atoms. The van der Waals surface area contributed by atoms with Crippen molar-refractivity contribution in [1.29, 1.82) is 0 Å². The Kier molecular flexibility index (Phi) is 7.08. The molecule has 0 unspecified atom stereocenters. The van der Waals surface area contributed by atoms with Crippen molar-refractivity contribution in [2.45, 2.75) is 31.6 Å². The summed E-state index contributed by atoms with van der Waals surface area (Å²) in [6, 6.07) is 16.8. The molecule has 1 aromatic heterocycles. The molecule has 0 radical (unpaired) electrons. The maximum atomic E-state index is 13.0. The van der Waals surface area contributed by atoms with E-state index in [1.54, 1.807) is 0 Å². The number of benzene rings is 2. The topological polar surface area (TPSA) is 114 Å². The second-order valence-electron chi connectivity index (χ2n) is 9.13. The summed E-state index contributed by atoms with van der Waals surface area (Å²) in [7, 11) is 0. The molecule has 3 aliphatic heterocycles. The molecule has 3 aliphatic rings. The monoisotopic (exact) mass is 488 g/mol. The number of hydrogen-bond donors (Lipinski definition) is 2. The SMILES string of the molecule is O=C(N[C@@H](c1ccccc1)c1cccc(OCc2cnc(C(=O)O)cn2)c1)O[C@H]1CN2CCC1CC2. The van der Waals surface area contributed by atoms with Gasteiger partial charge in [0.1, 0.15) is 18.5 Å². The maximum Gasteiger partial charge on any atom is 0.408 e. The van der Waals surface area contributed by atoms with Crippen molar-refractivity contribution in [1.82, 2.24) is 20.2 Å². The highest BCUT2D eigenvalue weighted by molar-refractivity contribution is 5.84. The van der Waals surface area contributed by atoms with Crippen LogP contribution in [-0.4, -0.2) is 57.8 Å². The minimum atomic E-state index is -1.13. The number of rotatable bonds is 8. The van der Waals surface area contributed by atoms with Gasteiger partial charge in [0, 0.05) is 6.54 Å². The maximum absolute atomic E-state index is 13.0. The standard InChI is InChI=1S/C27H28N4O5/c32-26(33)23-15-28-21(14-29-23)17-35-22-8-4-7-20(13-22)25(19-5-2-1-3-6-19)30-27(34)36-24-16-31-11-9-18(24)10-12-31/h1-8,13-15,18,24-25H,9-12,16-17H2,(H,30,34)(H,32,33)/t24-,25-/m0/s1. The summed E-state index contributed by atoms with van der Waals surface area (Å²) >= 11 is 0. The smallest absolute Gasteiger partial charge is 0.408 e. The van der Waals surface area contributed by atoms with Crippen LogP contribution in [0.1, 0.15) is 46.2 Å². The number of amides is 1. The molecular weight excluding hydrogens is 460 g/mol. The Bertz CT molecular complexity index is 1200. The van der Waals surface area contributed by atoms with Crippen LogP contribution >= 0.6 is 0 Å². The Morgan fingerprint density at radius 1 is 1.03 bits per heavy atom. The molecule has 1 amide bonds. The number of carboxylic acid groups (broad SMARTS) is 1. The van der Waals surface area contributed by atoms with E-state index in [2.05, 4.69) is 20.2 Å². The number of nitrogens with one attached hydrogen (secondary N) is 1. The van der Waals surface area contributed by atoms with E-state index in [0.29, 0.717) is 17.4 Å². The number of carbonyl (C=O) groups is 2. The highest BCUT2D eigenvalue weighted by Gasteiger charge is 2.36. The van der Waals surface area contributed by atoms with Gasteiger partial charge in [-0.2, -0.15) is 0 Å². The van der Waals surface area contributed by atoms with E-state index in [9.17, 15) is 9.59 Å². The highest BCUT2D eigenvalue weighted by Crippen LogP contribution is 2.30.